The monoisotopic (exact) mass is 364 g/mol. The topological polar surface area (TPSA) is 59.6 Å². The van der Waals surface area contributed by atoms with Crippen LogP contribution in [-0.4, -0.2) is 38.8 Å². The van der Waals surface area contributed by atoms with E-state index in [0.29, 0.717) is 36.8 Å². The highest BCUT2D eigenvalue weighted by Crippen LogP contribution is 2.38. The van der Waals surface area contributed by atoms with Gasteiger partial charge in [0.2, 0.25) is 0 Å². The standard InChI is InChI=1S/C13H17BrN2O3.ClH/c1-8(15-2)7-16-13(17)9-5-10(14)12-11(6-9)18-3-4-19-12;/h5-6,8,15H,3-4,7H2,1-2H3,(H,16,17);1H. The van der Waals surface area contributed by atoms with Gasteiger partial charge in [-0.1, -0.05) is 0 Å². The fraction of sp³-hybridized carbons (Fsp3) is 0.462. The van der Waals surface area contributed by atoms with Gasteiger partial charge in [-0.15, -0.1) is 12.4 Å². The van der Waals surface area contributed by atoms with Crippen molar-refractivity contribution in [3.8, 4) is 11.5 Å². The highest BCUT2D eigenvalue weighted by atomic mass is 79.9. The first-order chi connectivity index (χ1) is 9.11. The Kier molecular flexibility index (Phi) is 6.58. The van der Waals surface area contributed by atoms with Gasteiger partial charge in [0.25, 0.3) is 5.91 Å². The van der Waals surface area contributed by atoms with E-state index in [1.807, 2.05) is 14.0 Å². The number of hydrogen-bond acceptors (Lipinski definition) is 4. The third-order valence-electron chi connectivity index (χ3n) is 2.92. The van der Waals surface area contributed by atoms with Crippen molar-refractivity contribution in [3.05, 3.63) is 22.2 Å². The maximum atomic E-state index is 12.0. The molecule has 5 nitrogen and oxygen atoms in total. The van der Waals surface area contributed by atoms with Crippen molar-refractivity contribution in [2.75, 3.05) is 26.8 Å². The summed E-state index contributed by atoms with van der Waals surface area (Å²) < 4.78 is 11.7. The Labute approximate surface area is 132 Å². The predicted molar refractivity (Wildman–Crippen MR) is 83.2 cm³/mol. The van der Waals surface area contributed by atoms with Crippen LogP contribution in [0.25, 0.3) is 0 Å². The van der Waals surface area contributed by atoms with Crippen molar-refractivity contribution < 1.29 is 14.3 Å². The molecule has 1 aromatic carbocycles. The molecule has 1 aliphatic heterocycles. The molecule has 0 saturated heterocycles. The molecule has 1 aliphatic rings. The maximum Gasteiger partial charge on any atom is 0.251 e. The number of carbonyl (C=O) groups excluding carboxylic acids is 1. The van der Waals surface area contributed by atoms with Crippen LogP contribution in [0.4, 0.5) is 0 Å². The van der Waals surface area contributed by atoms with E-state index in [-0.39, 0.29) is 24.4 Å². The van der Waals surface area contributed by atoms with Gasteiger partial charge >= 0.3 is 0 Å². The lowest BCUT2D eigenvalue weighted by Crippen LogP contribution is -2.37. The molecule has 112 valence electrons. The van der Waals surface area contributed by atoms with Crippen LogP contribution >= 0.6 is 28.3 Å². The summed E-state index contributed by atoms with van der Waals surface area (Å²) in [4.78, 5) is 12.0. The molecule has 2 N–H and O–H groups in total. The van der Waals surface area contributed by atoms with Crippen LogP contribution in [-0.2, 0) is 0 Å². The molecule has 0 spiro atoms. The van der Waals surface area contributed by atoms with Gasteiger partial charge in [0, 0.05) is 18.2 Å². The van der Waals surface area contributed by atoms with Crippen LogP contribution in [0, 0.1) is 0 Å². The Hall–Kier alpha value is -0.980. The largest absolute Gasteiger partial charge is 0.486 e. The molecule has 1 atom stereocenters. The molecular weight excluding hydrogens is 348 g/mol. The lowest BCUT2D eigenvalue weighted by atomic mass is 10.1. The van der Waals surface area contributed by atoms with Crippen LogP contribution in [0.15, 0.2) is 16.6 Å². The maximum absolute atomic E-state index is 12.0. The van der Waals surface area contributed by atoms with Gasteiger partial charge in [-0.25, -0.2) is 0 Å². The second-order valence-electron chi connectivity index (χ2n) is 4.38. The fourth-order valence-electron chi connectivity index (χ4n) is 1.69. The van der Waals surface area contributed by atoms with Gasteiger partial charge in [-0.3, -0.25) is 4.79 Å². The molecule has 1 heterocycles. The third-order valence-corrected chi connectivity index (χ3v) is 3.51. The number of carbonyl (C=O) groups is 1. The Bertz CT molecular complexity index is 485. The average molecular weight is 366 g/mol. The van der Waals surface area contributed by atoms with Crippen LogP contribution in [0.2, 0.25) is 0 Å². The second-order valence-corrected chi connectivity index (χ2v) is 5.24. The molecule has 0 saturated carbocycles. The van der Waals surface area contributed by atoms with Crippen molar-refractivity contribution in [3.63, 3.8) is 0 Å². The molecule has 1 unspecified atom stereocenters. The number of nitrogens with one attached hydrogen (secondary N) is 2. The summed E-state index contributed by atoms with van der Waals surface area (Å²) >= 11 is 3.40. The summed E-state index contributed by atoms with van der Waals surface area (Å²) in [6, 6.07) is 3.68. The van der Waals surface area contributed by atoms with Crippen molar-refractivity contribution in [1.82, 2.24) is 10.6 Å². The van der Waals surface area contributed by atoms with Crippen LogP contribution in [0.1, 0.15) is 17.3 Å². The SMILES string of the molecule is CNC(C)CNC(=O)c1cc(Br)c2c(c1)OCCO2.Cl. The summed E-state index contributed by atoms with van der Waals surface area (Å²) in [5, 5.41) is 5.93. The Morgan fingerprint density at radius 3 is 2.80 bits per heavy atom. The molecule has 0 bridgehead atoms. The van der Waals surface area contributed by atoms with E-state index in [1.165, 1.54) is 0 Å². The van der Waals surface area contributed by atoms with Gasteiger partial charge in [0.05, 0.1) is 4.47 Å². The highest BCUT2D eigenvalue weighted by Gasteiger charge is 2.19. The van der Waals surface area contributed by atoms with E-state index in [2.05, 4.69) is 26.6 Å². The molecule has 0 aliphatic carbocycles. The van der Waals surface area contributed by atoms with E-state index in [9.17, 15) is 4.79 Å². The Morgan fingerprint density at radius 1 is 1.40 bits per heavy atom. The number of benzene rings is 1. The van der Waals surface area contributed by atoms with Crippen LogP contribution in [0.5, 0.6) is 11.5 Å². The third kappa shape index (κ3) is 4.01. The van der Waals surface area contributed by atoms with Crippen molar-refractivity contribution in [2.24, 2.45) is 0 Å². The van der Waals surface area contributed by atoms with E-state index >= 15 is 0 Å². The van der Waals surface area contributed by atoms with Gasteiger partial charge in [-0.05, 0) is 42.0 Å². The number of amides is 1. The smallest absolute Gasteiger partial charge is 0.251 e. The van der Waals surface area contributed by atoms with Crippen LogP contribution < -0.4 is 20.1 Å². The minimum atomic E-state index is -0.125. The molecule has 20 heavy (non-hydrogen) atoms. The summed E-state index contributed by atoms with van der Waals surface area (Å²) in [6.07, 6.45) is 0. The normalized spacial score (nSPS) is 14.2. The zero-order valence-corrected chi connectivity index (χ0v) is 13.8. The van der Waals surface area contributed by atoms with Gasteiger partial charge in [0.15, 0.2) is 11.5 Å². The summed E-state index contributed by atoms with van der Waals surface area (Å²) in [5.74, 6) is 1.14. The van der Waals surface area contributed by atoms with E-state index in [4.69, 9.17) is 9.47 Å². The number of ether oxygens (including phenoxy) is 2. The minimum Gasteiger partial charge on any atom is -0.486 e. The lowest BCUT2D eigenvalue weighted by Gasteiger charge is -2.20. The van der Waals surface area contributed by atoms with Crippen LogP contribution in [0.3, 0.4) is 0 Å². The molecule has 2 rings (SSSR count). The first-order valence-corrected chi connectivity index (χ1v) is 6.95. The Balaban J connectivity index is 0.00000200. The number of likely N-dealkylation sites (N-methyl/N-ethyl adjacent to an activating group) is 1. The summed E-state index contributed by atoms with van der Waals surface area (Å²) in [7, 11) is 1.86. The fourth-order valence-corrected chi connectivity index (χ4v) is 2.25. The zero-order chi connectivity index (χ0) is 13.8. The van der Waals surface area contributed by atoms with Gasteiger partial charge in [-0.2, -0.15) is 0 Å². The molecule has 1 amide bonds. The molecular formula is C13H18BrClN2O3. The first-order valence-electron chi connectivity index (χ1n) is 6.16. The van der Waals surface area contributed by atoms with E-state index < -0.39 is 0 Å². The average Bonchev–Trinajstić information content (AvgIpc) is 2.44. The number of fused-ring (bicyclic) bond motifs is 1. The van der Waals surface area contributed by atoms with E-state index in [0.717, 1.165) is 4.47 Å². The van der Waals surface area contributed by atoms with E-state index in [1.54, 1.807) is 12.1 Å². The number of rotatable bonds is 4. The summed E-state index contributed by atoms with van der Waals surface area (Å²) in [6.45, 7) is 3.60. The lowest BCUT2D eigenvalue weighted by molar-refractivity contribution is 0.0949. The number of hydrogen-bond donors (Lipinski definition) is 2. The van der Waals surface area contributed by atoms with Crippen molar-refractivity contribution in [2.45, 2.75) is 13.0 Å². The number of halogens is 2. The van der Waals surface area contributed by atoms with Gasteiger partial charge in [0.1, 0.15) is 13.2 Å². The molecule has 0 fully saturated rings. The van der Waals surface area contributed by atoms with Crippen molar-refractivity contribution in [1.29, 1.82) is 0 Å². The van der Waals surface area contributed by atoms with Gasteiger partial charge < -0.3 is 20.1 Å². The molecule has 7 heteroatoms. The quantitative estimate of drug-likeness (QED) is 0.856. The zero-order valence-electron chi connectivity index (χ0n) is 11.4. The first kappa shape index (κ1) is 17.1. The minimum absolute atomic E-state index is 0. The molecule has 0 radical (unpaired) electrons. The predicted octanol–water partition coefficient (Wildman–Crippen LogP) is 1.98. The summed E-state index contributed by atoms with van der Waals surface area (Å²) in [5.41, 5.74) is 0.555. The Morgan fingerprint density at radius 2 is 2.10 bits per heavy atom. The van der Waals surface area contributed by atoms with Crippen molar-refractivity contribution >= 4 is 34.2 Å². The second kappa shape index (κ2) is 7.71. The molecule has 1 aromatic rings. The highest BCUT2D eigenvalue weighted by molar-refractivity contribution is 9.10. The molecule has 0 aromatic heterocycles.